The monoisotopic (exact) mass is 546 g/mol. The number of aromatic amines is 1. The second kappa shape index (κ2) is 11.1. The molecule has 3 heterocycles. The number of carbonyl (C=O) groups excluding carboxylic acids is 2. The molecular weight excluding hydrogens is 516 g/mol. The van der Waals surface area contributed by atoms with E-state index in [0.717, 1.165) is 53.1 Å². The van der Waals surface area contributed by atoms with Crippen molar-refractivity contribution in [2.45, 2.75) is 25.7 Å². The van der Waals surface area contributed by atoms with Gasteiger partial charge in [-0.1, -0.05) is 12.1 Å². The van der Waals surface area contributed by atoms with Crippen molar-refractivity contribution in [1.82, 2.24) is 14.9 Å². The molecule has 0 unspecified atom stereocenters. The molecule has 202 valence electrons. The number of nitrogens with one attached hydrogen (secondary N) is 2. The minimum atomic E-state index is -0.250. The zero-order valence-corrected chi connectivity index (χ0v) is 22.6. The number of para-hydroxylation sites is 2. The van der Waals surface area contributed by atoms with Gasteiger partial charge in [-0.05, 0) is 61.6 Å². The molecular formula is C29H30N4O5S. The predicted molar refractivity (Wildman–Crippen MR) is 150 cm³/mol. The smallest absolute Gasteiger partial charge is 0.260 e. The maximum absolute atomic E-state index is 13.4. The summed E-state index contributed by atoms with van der Waals surface area (Å²) < 4.78 is 16.6. The van der Waals surface area contributed by atoms with Crippen molar-refractivity contribution < 1.29 is 23.8 Å². The Morgan fingerprint density at radius 1 is 1.10 bits per heavy atom. The molecule has 2 aromatic heterocycles. The molecule has 2 aromatic carbocycles. The lowest BCUT2D eigenvalue weighted by molar-refractivity contribution is -0.137. The quantitative estimate of drug-likeness (QED) is 0.349. The number of aryl methyl sites for hydroxylation is 1. The third-order valence-corrected chi connectivity index (χ3v) is 8.37. The van der Waals surface area contributed by atoms with Crippen LogP contribution in [-0.2, 0) is 22.4 Å². The van der Waals surface area contributed by atoms with Gasteiger partial charge in [-0.3, -0.25) is 9.59 Å². The van der Waals surface area contributed by atoms with Gasteiger partial charge in [0.05, 0.1) is 36.9 Å². The number of thiophene rings is 1. The van der Waals surface area contributed by atoms with E-state index in [0.29, 0.717) is 43.4 Å². The van der Waals surface area contributed by atoms with Crippen molar-refractivity contribution >= 4 is 39.2 Å². The van der Waals surface area contributed by atoms with Crippen molar-refractivity contribution in [1.29, 1.82) is 0 Å². The number of fused-ring (bicyclic) bond motifs is 2. The summed E-state index contributed by atoms with van der Waals surface area (Å²) in [6.07, 6.45) is 4.24. The van der Waals surface area contributed by atoms with E-state index in [2.05, 4.69) is 10.3 Å². The Balaban J connectivity index is 1.23. The number of benzene rings is 2. The summed E-state index contributed by atoms with van der Waals surface area (Å²) in [4.78, 5) is 37.2. The highest BCUT2D eigenvalue weighted by atomic mass is 32.1. The van der Waals surface area contributed by atoms with Crippen LogP contribution in [0.4, 0.5) is 5.00 Å². The molecule has 10 heteroatoms. The van der Waals surface area contributed by atoms with Crippen molar-refractivity contribution in [2.75, 3.05) is 45.3 Å². The van der Waals surface area contributed by atoms with E-state index < -0.39 is 0 Å². The molecule has 0 atom stereocenters. The fourth-order valence-electron chi connectivity index (χ4n) is 5.12. The zero-order valence-electron chi connectivity index (χ0n) is 21.7. The molecule has 1 aliphatic heterocycles. The van der Waals surface area contributed by atoms with E-state index >= 15 is 0 Å². The minimum Gasteiger partial charge on any atom is -0.493 e. The highest BCUT2D eigenvalue weighted by Crippen LogP contribution is 2.44. The number of amides is 2. The second-order valence-corrected chi connectivity index (χ2v) is 10.7. The molecule has 2 N–H and O–H groups in total. The Kier molecular flexibility index (Phi) is 7.21. The molecule has 4 aromatic rings. The predicted octanol–water partition coefficient (Wildman–Crippen LogP) is 4.67. The van der Waals surface area contributed by atoms with Crippen LogP contribution in [0.1, 0.15) is 33.6 Å². The van der Waals surface area contributed by atoms with Crippen LogP contribution in [0.3, 0.4) is 0 Å². The normalized spacial score (nSPS) is 15.2. The Morgan fingerprint density at radius 3 is 2.74 bits per heavy atom. The molecule has 0 spiro atoms. The molecule has 0 bridgehead atoms. The number of anilines is 1. The van der Waals surface area contributed by atoms with Crippen molar-refractivity contribution in [3.63, 3.8) is 0 Å². The average molecular weight is 547 g/mol. The largest absolute Gasteiger partial charge is 0.493 e. The number of nitrogens with zero attached hydrogens (tertiary/aromatic N) is 2. The lowest BCUT2D eigenvalue weighted by Gasteiger charge is -2.26. The van der Waals surface area contributed by atoms with Gasteiger partial charge in [0.25, 0.3) is 11.8 Å². The van der Waals surface area contributed by atoms with E-state index in [9.17, 15) is 9.59 Å². The number of hydrogen-bond acceptors (Lipinski definition) is 7. The van der Waals surface area contributed by atoms with Crippen LogP contribution in [-0.4, -0.2) is 66.7 Å². The first kappa shape index (κ1) is 25.4. The Morgan fingerprint density at radius 2 is 1.92 bits per heavy atom. The zero-order chi connectivity index (χ0) is 26.8. The van der Waals surface area contributed by atoms with Gasteiger partial charge in [0.2, 0.25) is 0 Å². The standard InChI is InChI=1S/C29H30N4O5S/c1-36-23-16-18(10-11-22(23)38-17-25(34)33-12-14-37-15-13-33)28(35)32-29-26(19-6-2-5-9-24(19)39-29)27-30-20-7-3-4-8-21(20)31-27/h3-4,7-8,10-11,16H,2,5-6,9,12-15,17H2,1H3,(H,30,31)(H,32,35). The highest BCUT2D eigenvalue weighted by molar-refractivity contribution is 7.17. The van der Waals surface area contributed by atoms with Gasteiger partial charge in [0.15, 0.2) is 18.1 Å². The topological polar surface area (TPSA) is 106 Å². The molecule has 0 radical (unpaired) electrons. The lowest BCUT2D eigenvalue weighted by Crippen LogP contribution is -2.43. The van der Waals surface area contributed by atoms with Crippen LogP contribution >= 0.6 is 11.3 Å². The van der Waals surface area contributed by atoms with Gasteiger partial charge in [-0.25, -0.2) is 4.98 Å². The van der Waals surface area contributed by atoms with Crippen LogP contribution in [0.25, 0.3) is 22.4 Å². The third-order valence-electron chi connectivity index (χ3n) is 7.17. The molecule has 0 saturated carbocycles. The summed E-state index contributed by atoms with van der Waals surface area (Å²) in [5.41, 5.74) is 4.54. The summed E-state index contributed by atoms with van der Waals surface area (Å²) in [5.74, 6) is 1.21. The molecule has 2 amide bonds. The molecule has 1 saturated heterocycles. The molecule has 9 nitrogen and oxygen atoms in total. The molecule has 39 heavy (non-hydrogen) atoms. The third kappa shape index (κ3) is 5.22. The summed E-state index contributed by atoms with van der Waals surface area (Å²) in [6.45, 7) is 2.07. The number of H-pyrrole nitrogens is 1. The molecule has 2 aliphatic rings. The van der Waals surface area contributed by atoms with E-state index in [1.165, 1.54) is 17.6 Å². The van der Waals surface area contributed by atoms with Gasteiger partial charge in [0.1, 0.15) is 10.8 Å². The van der Waals surface area contributed by atoms with Crippen LogP contribution in [0.2, 0.25) is 0 Å². The number of hydrogen-bond donors (Lipinski definition) is 2. The minimum absolute atomic E-state index is 0.108. The Hall–Kier alpha value is -3.89. The first-order valence-corrected chi connectivity index (χ1v) is 14.0. The average Bonchev–Trinajstić information content (AvgIpc) is 3.56. The Bertz CT molecular complexity index is 1490. The number of imidazole rings is 1. The Labute approximate surface area is 230 Å². The summed E-state index contributed by atoms with van der Waals surface area (Å²) in [7, 11) is 1.51. The van der Waals surface area contributed by atoms with Gasteiger partial charge in [-0.15, -0.1) is 11.3 Å². The van der Waals surface area contributed by atoms with E-state index in [-0.39, 0.29) is 18.4 Å². The number of carbonyl (C=O) groups is 2. The van der Waals surface area contributed by atoms with Crippen LogP contribution < -0.4 is 14.8 Å². The fraction of sp³-hybridized carbons (Fsp3) is 0.345. The van der Waals surface area contributed by atoms with Gasteiger partial charge in [0, 0.05) is 23.5 Å². The SMILES string of the molecule is COc1cc(C(=O)Nc2sc3c(c2-c2nc4ccccc4[nH]2)CCCC3)ccc1OCC(=O)N1CCOCC1. The number of morpholine rings is 1. The van der Waals surface area contributed by atoms with Gasteiger partial charge in [-0.2, -0.15) is 0 Å². The second-order valence-electron chi connectivity index (χ2n) is 9.62. The maximum Gasteiger partial charge on any atom is 0.260 e. The summed E-state index contributed by atoms with van der Waals surface area (Å²) in [6, 6.07) is 12.9. The van der Waals surface area contributed by atoms with E-state index in [4.69, 9.17) is 19.2 Å². The van der Waals surface area contributed by atoms with Crippen LogP contribution in [0.5, 0.6) is 11.5 Å². The van der Waals surface area contributed by atoms with Crippen molar-refractivity contribution in [3.8, 4) is 22.9 Å². The molecule has 6 rings (SSSR count). The molecule has 1 fully saturated rings. The number of methoxy groups -OCH3 is 1. The number of aromatic nitrogens is 2. The van der Waals surface area contributed by atoms with Gasteiger partial charge < -0.3 is 29.4 Å². The van der Waals surface area contributed by atoms with Crippen LogP contribution in [0, 0.1) is 0 Å². The van der Waals surface area contributed by atoms with Crippen molar-refractivity contribution in [2.24, 2.45) is 0 Å². The van der Waals surface area contributed by atoms with E-state index in [1.807, 2.05) is 24.3 Å². The lowest BCUT2D eigenvalue weighted by atomic mass is 9.95. The summed E-state index contributed by atoms with van der Waals surface area (Å²) >= 11 is 1.63. The summed E-state index contributed by atoms with van der Waals surface area (Å²) in [5, 5.41) is 3.93. The number of rotatable bonds is 7. The highest BCUT2D eigenvalue weighted by Gasteiger charge is 2.26. The molecule has 1 aliphatic carbocycles. The maximum atomic E-state index is 13.4. The fourth-order valence-corrected chi connectivity index (χ4v) is 6.41. The van der Waals surface area contributed by atoms with E-state index in [1.54, 1.807) is 34.4 Å². The first-order chi connectivity index (χ1) is 19.1. The van der Waals surface area contributed by atoms with Gasteiger partial charge >= 0.3 is 0 Å². The number of ether oxygens (including phenoxy) is 3. The van der Waals surface area contributed by atoms with Crippen molar-refractivity contribution in [3.05, 3.63) is 58.5 Å². The van der Waals surface area contributed by atoms with Crippen LogP contribution in [0.15, 0.2) is 42.5 Å². The first-order valence-electron chi connectivity index (χ1n) is 13.2.